The minimum Gasteiger partial charge on any atom is -0.396 e. The van der Waals surface area contributed by atoms with E-state index in [0.29, 0.717) is 5.92 Å². The van der Waals surface area contributed by atoms with Crippen LogP contribution in [0.25, 0.3) is 0 Å². The van der Waals surface area contributed by atoms with Gasteiger partial charge in [0.15, 0.2) is 0 Å². The molecular weight excluding hydrogens is 234 g/mol. The number of hydrogen-bond acceptors (Lipinski definition) is 3. The van der Waals surface area contributed by atoms with Crippen molar-refractivity contribution in [2.24, 2.45) is 11.8 Å². The molecular formula is C13H25NO2S. The first-order chi connectivity index (χ1) is 8.24. The summed E-state index contributed by atoms with van der Waals surface area (Å²) in [6.45, 7) is 3.27. The number of aliphatic hydroxyl groups is 1. The van der Waals surface area contributed by atoms with Gasteiger partial charge in [-0.15, -0.1) is 0 Å². The molecule has 2 unspecified atom stereocenters. The Hall–Kier alpha value is -0.220. The van der Waals surface area contributed by atoms with E-state index in [1.54, 1.807) is 11.8 Å². The average molecular weight is 259 g/mol. The SMILES string of the molecule is CC1CCCC(C(=O)NCCSCCCO)C1. The molecule has 0 aliphatic heterocycles. The van der Waals surface area contributed by atoms with Crippen molar-refractivity contribution >= 4 is 17.7 Å². The lowest BCUT2D eigenvalue weighted by Crippen LogP contribution is -2.34. The van der Waals surface area contributed by atoms with Crippen LogP contribution in [0.15, 0.2) is 0 Å². The molecule has 0 aromatic heterocycles. The molecule has 1 saturated carbocycles. The van der Waals surface area contributed by atoms with Gasteiger partial charge in [-0.05, 0) is 30.9 Å². The van der Waals surface area contributed by atoms with Gasteiger partial charge in [-0.2, -0.15) is 11.8 Å². The van der Waals surface area contributed by atoms with Crippen molar-refractivity contribution in [1.82, 2.24) is 5.32 Å². The summed E-state index contributed by atoms with van der Waals surface area (Å²) in [5.41, 5.74) is 0. The molecule has 0 spiro atoms. The number of carbonyl (C=O) groups is 1. The van der Waals surface area contributed by atoms with Crippen LogP contribution in [0.3, 0.4) is 0 Å². The highest BCUT2D eigenvalue weighted by molar-refractivity contribution is 7.99. The Balaban J connectivity index is 2.04. The third-order valence-electron chi connectivity index (χ3n) is 3.30. The molecule has 0 radical (unpaired) electrons. The molecule has 100 valence electrons. The highest BCUT2D eigenvalue weighted by Gasteiger charge is 2.24. The maximum atomic E-state index is 11.9. The van der Waals surface area contributed by atoms with Gasteiger partial charge in [-0.3, -0.25) is 4.79 Å². The van der Waals surface area contributed by atoms with E-state index in [0.717, 1.165) is 37.3 Å². The summed E-state index contributed by atoms with van der Waals surface area (Å²) < 4.78 is 0. The van der Waals surface area contributed by atoms with Crippen molar-refractivity contribution in [2.45, 2.75) is 39.0 Å². The zero-order chi connectivity index (χ0) is 12.5. The second-order valence-corrected chi connectivity index (χ2v) is 6.17. The number of thioether (sulfide) groups is 1. The summed E-state index contributed by atoms with van der Waals surface area (Å²) in [5.74, 6) is 3.14. The van der Waals surface area contributed by atoms with Crippen LogP contribution in [-0.2, 0) is 4.79 Å². The lowest BCUT2D eigenvalue weighted by atomic mass is 9.82. The molecule has 1 fully saturated rings. The highest BCUT2D eigenvalue weighted by Crippen LogP contribution is 2.28. The molecule has 17 heavy (non-hydrogen) atoms. The van der Waals surface area contributed by atoms with Crippen LogP contribution in [-0.4, -0.2) is 35.7 Å². The molecule has 1 aliphatic carbocycles. The van der Waals surface area contributed by atoms with Gasteiger partial charge in [0.2, 0.25) is 5.91 Å². The van der Waals surface area contributed by atoms with E-state index < -0.39 is 0 Å². The Morgan fingerprint density at radius 3 is 2.94 bits per heavy atom. The lowest BCUT2D eigenvalue weighted by molar-refractivity contribution is -0.126. The summed E-state index contributed by atoms with van der Waals surface area (Å²) in [6, 6.07) is 0. The largest absolute Gasteiger partial charge is 0.396 e. The molecule has 1 aliphatic rings. The molecule has 1 amide bonds. The van der Waals surface area contributed by atoms with Crippen LogP contribution in [0.4, 0.5) is 0 Å². The van der Waals surface area contributed by atoms with Crippen molar-refractivity contribution < 1.29 is 9.90 Å². The topological polar surface area (TPSA) is 49.3 Å². The number of nitrogens with one attached hydrogen (secondary N) is 1. The lowest BCUT2D eigenvalue weighted by Gasteiger charge is -2.25. The van der Waals surface area contributed by atoms with Crippen LogP contribution in [0.2, 0.25) is 0 Å². The van der Waals surface area contributed by atoms with Crippen LogP contribution in [0.5, 0.6) is 0 Å². The fourth-order valence-corrected chi connectivity index (χ4v) is 3.12. The van der Waals surface area contributed by atoms with Gasteiger partial charge in [0, 0.05) is 24.8 Å². The first kappa shape index (κ1) is 14.8. The summed E-state index contributed by atoms with van der Waals surface area (Å²) in [7, 11) is 0. The van der Waals surface area contributed by atoms with Crippen LogP contribution >= 0.6 is 11.8 Å². The molecule has 0 aromatic carbocycles. The summed E-state index contributed by atoms with van der Waals surface area (Å²) >= 11 is 1.79. The molecule has 3 nitrogen and oxygen atoms in total. The molecule has 1 rings (SSSR count). The monoisotopic (exact) mass is 259 g/mol. The van der Waals surface area contributed by atoms with Crippen LogP contribution < -0.4 is 5.32 Å². The molecule has 0 saturated heterocycles. The van der Waals surface area contributed by atoms with E-state index in [1.807, 2.05) is 0 Å². The number of aliphatic hydroxyl groups excluding tert-OH is 1. The number of carbonyl (C=O) groups excluding carboxylic acids is 1. The molecule has 4 heteroatoms. The van der Waals surface area contributed by atoms with E-state index in [-0.39, 0.29) is 18.4 Å². The van der Waals surface area contributed by atoms with E-state index in [2.05, 4.69) is 12.2 Å². The number of rotatable bonds is 7. The van der Waals surface area contributed by atoms with E-state index in [9.17, 15) is 4.79 Å². The predicted octanol–water partition coefficient (Wildman–Crippen LogP) is 2.04. The smallest absolute Gasteiger partial charge is 0.223 e. The number of hydrogen-bond donors (Lipinski definition) is 2. The molecule has 2 N–H and O–H groups in total. The van der Waals surface area contributed by atoms with Gasteiger partial charge in [0.1, 0.15) is 0 Å². The Labute approximate surface area is 109 Å². The van der Waals surface area contributed by atoms with Gasteiger partial charge in [0.25, 0.3) is 0 Å². The Bertz CT molecular complexity index is 223. The van der Waals surface area contributed by atoms with Gasteiger partial charge in [0.05, 0.1) is 0 Å². The summed E-state index contributed by atoms with van der Waals surface area (Å²) in [5, 5.41) is 11.7. The van der Waals surface area contributed by atoms with E-state index in [4.69, 9.17) is 5.11 Å². The quantitative estimate of drug-likeness (QED) is 0.688. The van der Waals surface area contributed by atoms with Crippen molar-refractivity contribution in [3.05, 3.63) is 0 Å². The molecule has 2 atom stereocenters. The highest BCUT2D eigenvalue weighted by atomic mass is 32.2. The van der Waals surface area contributed by atoms with Crippen LogP contribution in [0.1, 0.15) is 39.0 Å². The normalized spacial score (nSPS) is 24.6. The van der Waals surface area contributed by atoms with E-state index >= 15 is 0 Å². The maximum absolute atomic E-state index is 11.9. The zero-order valence-electron chi connectivity index (χ0n) is 10.8. The average Bonchev–Trinajstić information content (AvgIpc) is 2.33. The van der Waals surface area contributed by atoms with Crippen LogP contribution in [0, 0.1) is 11.8 Å². The second-order valence-electron chi connectivity index (χ2n) is 4.95. The first-order valence-corrected chi connectivity index (χ1v) is 7.85. The van der Waals surface area contributed by atoms with Crippen molar-refractivity contribution in [3.8, 4) is 0 Å². The number of amides is 1. The maximum Gasteiger partial charge on any atom is 0.223 e. The van der Waals surface area contributed by atoms with Gasteiger partial charge in [-0.1, -0.05) is 19.8 Å². The van der Waals surface area contributed by atoms with Crippen molar-refractivity contribution in [2.75, 3.05) is 24.7 Å². The minimum atomic E-state index is 0.249. The Kier molecular flexibility index (Phi) is 7.69. The summed E-state index contributed by atoms with van der Waals surface area (Å²) in [6.07, 6.45) is 5.45. The van der Waals surface area contributed by atoms with Gasteiger partial charge in [-0.25, -0.2) is 0 Å². The molecule has 0 aromatic rings. The zero-order valence-corrected chi connectivity index (χ0v) is 11.6. The molecule has 0 heterocycles. The predicted molar refractivity (Wildman–Crippen MR) is 73.2 cm³/mol. The first-order valence-electron chi connectivity index (χ1n) is 6.70. The van der Waals surface area contributed by atoms with Crippen molar-refractivity contribution in [3.63, 3.8) is 0 Å². The van der Waals surface area contributed by atoms with Gasteiger partial charge < -0.3 is 10.4 Å². The minimum absolute atomic E-state index is 0.249. The Morgan fingerprint density at radius 2 is 2.24 bits per heavy atom. The second kappa shape index (κ2) is 8.81. The third kappa shape index (κ3) is 6.32. The Morgan fingerprint density at radius 1 is 1.41 bits per heavy atom. The standard InChI is InChI=1S/C13H25NO2S/c1-11-4-2-5-12(10-11)13(16)14-6-9-17-8-3-7-15/h11-12,15H,2-10H2,1H3,(H,14,16). The van der Waals surface area contributed by atoms with Crippen molar-refractivity contribution in [1.29, 1.82) is 0 Å². The fraction of sp³-hybridized carbons (Fsp3) is 0.923. The summed E-state index contributed by atoms with van der Waals surface area (Å²) in [4.78, 5) is 11.9. The van der Waals surface area contributed by atoms with Gasteiger partial charge >= 0.3 is 0 Å². The molecule has 0 bridgehead atoms. The fourth-order valence-electron chi connectivity index (χ4n) is 2.33. The third-order valence-corrected chi connectivity index (χ3v) is 4.37. The van der Waals surface area contributed by atoms with E-state index in [1.165, 1.54) is 12.8 Å².